The average molecular weight is 356 g/mol. The first-order valence-corrected chi connectivity index (χ1v) is 8.12. The minimum Gasteiger partial charge on any atom is -0.494 e. The van der Waals surface area contributed by atoms with Crippen LogP contribution in [0.5, 0.6) is 5.75 Å². The van der Waals surface area contributed by atoms with Crippen LogP contribution in [0.15, 0.2) is 46.9 Å². The number of aryl methyl sites for hydroxylation is 1. The molecule has 134 valence electrons. The Balaban J connectivity index is 1.76. The maximum absolute atomic E-state index is 13.6. The highest BCUT2D eigenvalue weighted by Gasteiger charge is 2.21. The maximum atomic E-state index is 13.6. The van der Waals surface area contributed by atoms with Crippen LogP contribution < -0.4 is 4.74 Å². The fraction of sp³-hybridized carbons (Fsp3) is 0.200. The summed E-state index contributed by atoms with van der Waals surface area (Å²) < 4.78 is 29.6. The van der Waals surface area contributed by atoms with E-state index in [2.05, 4.69) is 0 Å². The molecule has 0 radical (unpaired) electrons. The van der Waals surface area contributed by atoms with Crippen LogP contribution in [0, 0.1) is 12.7 Å². The second kappa shape index (κ2) is 7.39. The molecule has 0 N–H and O–H groups in total. The van der Waals surface area contributed by atoms with Crippen LogP contribution in [0.1, 0.15) is 33.4 Å². The Morgan fingerprint density at radius 2 is 1.92 bits per heavy atom. The standard InChI is InChI=1S/C20H17FO5/c1-3-24-13-8-9-18-15(10-13)12(2)19(26-18)20(23)25-11-17(22)14-6-4-5-7-16(14)21/h4-10H,3,11H2,1-2H3. The number of Topliss-reactive ketones (excluding diaryl/α,β-unsaturated/α-hetero) is 1. The number of rotatable bonds is 6. The van der Waals surface area contributed by atoms with Gasteiger partial charge in [-0.15, -0.1) is 0 Å². The lowest BCUT2D eigenvalue weighted by molar-refractivity contribution is 0.0444. The van der Waals surface area contributed by atoms with Crippen molar-refractivity contribution < 1.29 is 27.9 Å². The smallest absolute Gasteiger partial charge is 0.375 e. The summed E-state index contributed by atoms with van der Waals surface area (Å²) in [6.45, 7) is 3.55. The van der Waals surface area contributed by atoms with Crippen molar-refractivity contribution >= 4 is 22.7 Å². The molecule has 0 unspecified atom stereocenters. The summed E-state index contributed by atoms with van der Waals surface area (Å²) in [7, 11) is 0. The topological polar surface area (TPSA) is 65.7 Å². The van der Waals surface area contributed by atoms with E-state index in [0.29, 0.717) is 23.5 Å². The highest BCUT2D eigenvalue weighted by atomic mass is 19.1. The molecule has 2 aromatic carbocycles. The molecule has 0 saturated carbocycles. The molecule has 26 heavy (non-hydrogen) atoms. The van der Waals surface area contributed by atoms with Crippen LogP contribution in [-0.2, 0) is 4.74 Å². The number of carbonyl (C=O) groups is 2. The number of esters is 1. The van der Waals surface area contributed by atoms with E-state index in [0.717, 1.165) is 5.39 Å². The first kappa shape index (κ1) is 17.7. The van der Waals surface area contributed by atoms with Crippen molar-refractivity contribution in [1.29, 1.82) is 0 Å². The van der Waals surface area contributed by atoms with Crippen molar-refractivity contribution in [3.05, 3.63) is 65.2 Å². The largest absolute Gasteiger partial charge is 0.494 e. The van der Waals surface area contributed by atoms with Crippen molar-refractivity contribution in [3.63, 3.8) is 0 Å². The number of ketones is 1. The van der Waals surface area contributed by atoms with Gasteiger partial charge >= 0.3 is 5.97 Å². The SMILES string of the molecule is CCOc1ccc2oc(C(=O)OCC(=O)c3ccccc3F)c(C)c2c1. The van der Waals surface area contributed by atoms with E-state index in [1.807, 2.05) is 6.92 Å². The van der Waals surface area contributed by atoms with Crippen molar-refractivity contribution in [2.75, 3.05) is 13.2 Å². The van der Waals surface area contributed by atoms with Gasteiger partial charge in [0.15, 0.2) is 6.61 Å². The number of benzene rings is 2. The Bertz CT molecular complexity index is 973. The zero-order valence-corrected chi connectivity index (χ0v) is 14.4. The summed E-state index contributed by atoms with van der Waals surface area (Å²) in [5.74, 6) is -1.38. The lowest BCUT2D eigenvalue weighted by Gasteiger charge is -2.04. The van der Waals surface area contributed by atoms with Crippen molar-refractivity contribution in [1.82, 2.24) is 0 Å². The van der Waals surface area contributed by atoms with Gasteiger partial charge in [-0.3, -0.25) is 4.79 Å². The molecular weight excluding hydrogens is 339 g/mol. The summed E-state index contributed by atoms with van der Waals surface area (Å²) in [4.78, 5) is 24.3. The molecule has 0 aliphatic rings. The third-order valence-corrected chi connectivity index (χ3v) is 3.91. The van der Waals surface area contributed by atoms with E-state index in [4.69, 9.17) is 13.9 Å². The van der Waals surface area contributed by atoms with Gasteiger partial charge in [0, 0.05) is 10.9 Å². The Labute approximate surface area is 149 Å². The Kier molecular flexibility index (Phi) is 5.02. The molecule has 1 aromatic heterocycles. The third kappa shape index (κ3) is 3.44. The lowest BCUT2D eigenvalue weighted by Crippen LogP contribution is -2.15. The zero-order valence-electron chi connectivity index (χ0n) is 14.4. The van der Waals surface area contributed by atoms with Gasteiger partial charge in [-0.25, -0.2) is 9.18 Å². The van der Waals surface area contributed by atoms with Gasteiger partial charge < -0.3 is 13.9 Å². The fourth-order valence-electron chi connectivity index (χ4n) is 2.61. The first-order chi connectivity index (χ1) is 12.5. The van der Waals surface area contributed by atoms with E-state index < -0.39 is 24.2 Å². The number of furan rings is 1. The van der Waals surface area contributed by atoms with Gasteiger partial charge in [-0.1, -0.05) is 12.1 Å². The van der Waals surface area contributed by atoms with E-state index in [-0.39, 0.29) is 11.3 Å². The van der Waals surface area contributed by atoms with Gasteiger partial charge in [0.2, 0.25) is 11.5 Å². The van der Waals surface area contributed by atoms with Gasteiger partial charge in [-0.2, -0.15) is 0 Å². The molecule has 0 spiro atoms. The fourth-order valence-corrected chi connectivity index (χ4v) is 2.61. The molecule has 6 heteroatoms. The molecule has 5 nitrogen and oxygen atoms in total. The number of hydrogen-bond donors (Lipinski definition) is 0. The molecule has 0 aliphatic carbocycles. The molecule has 0 saturated heterocycles. The zero-order chi connectivity index (χ0) is 18.7. The van der Waals surface area contributed by atoms with Crippen LogP contribution in [0.25, 0.3) is 11.0 Å². The predicted molar refractivity (Wildman–Crippen MR) is 93.1 cm³/mol. The molecule has 0 aliphatic heterocycles. The molecule has 0 atom stereocenters. The van der Waals surface area contributed by atoms with Crippen LogP contribution in [0.4, 0.5) is 4.39 Å². The number of ether oxygens (including phenoxy) is 2. The lowest BCUT2D eigenvalue weighted by atomic mass is 10.1. The molecule has 1 heterocycles. The number of hydrogen-bond acceptors (Lipinski definition) is 5. The quantitative estimate of drug-likeness (QED) is 0.486. The predicted octanol–water partition coefficient (Wildman–Crippen LogP) is 4.32. The van der Waals surface area contributed by atoms with Crippen molar-refractivity contribution in [2.45, 2.75) is 13.8 Å². The number of halogens is 1. The number of carbonyl (C=O) groups excluding carboxylic acids is 2. The normalized spacial score (nSPS) is 10.7. The van der Waals surface area contributed by atoms with Crippen LogP contribution in [0.2, 0.25) is 0 Å². The second-order valence-corrected chi connectivity index (χ2v) is 5.63. The summed E-state index contributed by atoms with van der Waals surface area (Å²) >= 11 is 0. The summed E-state index contributed by atoms with van der Waals surface area (Å²) in [6, 6.07) is 10.8. The van der Waals surface area contributed by atoms with Crippen LogP contribution in [0.3, 0.4) is 0 Å². The van der Waals surface area contributed by atoms with Gasteiger partial charge in [-0.05, 0) is 44.2 Å². The molecular formula is C20H17FO5. The summed E-state index contributed by atoms with van der Waals surface area (Å²) in [5, 5.41) is 0.725. The van der Waals surface area contributed by atoms with E-state index in [1.54, 1.807) is 25.1 Å². The Morgan fingerprint density at radius 1 is 1.15 bits per heavy atom. The van der Waals surface area contributed by atoms with Gasteiger partial charge in [0.1, 0.15) is 17.1 Å². The molecule has 3 rings (SSSR count). The monoisotopic (exact) mass is 356 g/mol. The maximum Gasteiger partial charge on any atom is 0.375 e. The Morgan fingerprint density at radius 3 is 2.65 bits per heavy atom. The summed E-state index contributed by atoms with van der Waals surface area (Å²) in [5.41, 5.74) is 0.978. The minimum absolute atomic E-state index is 0.00924. The minimum atomic E-state index is -0.777. The third-order valence-electron chi connectivity index (χ3n) is 3.91. The second-order valence-electron chi connectivity index (χ2n) is 5.63. The molecule has 0 bridgehead atoms. The van der Waals surface area contributed by atoms with Crippen LogP contribution in [-0.4, -0.2) is 25.0 Å². The Hall–Kier alpha value is -3.15. The molecule has 0 amide bonds. The number of fused-ring (bicyclic) bond motifs is 1. The highest BCUT2D eigenvalue weighted by Crippen LogP contribution is 2.29. The van der Waals surface area contributed by atoms with Crippen molar-refractivity contribution in [3.8, 4) is 5.75 Å². The molecule has 3 aromatic rings. The van der Waals surface area contributed by atoms with E-state index >= 15 is 0 Å². The van der Waals surface area contributed by atoms with Gasteiger partial charge in [0.25, 0.3) is 0 Å². The van der Waals surface area contributed by atoms with E-state index in [1.165, 1.54) is 24.3 Å². The van der Waals surface area contributed by atoms with Crippen LogP contribution >= 0.6 is 0 Å². The van der Waals surface area contributed by atoms with Gasteiger partial charge in [0.05, 0.1) is 12.2 Å². The molecule has 0 fully saturated rings. The highest BCUT2D eigenvalue weighted by molar-refractivity contribution is 6.00. The summed E-state index contributed by atoms with van der Waals surface area (Å²) in [6.07, 6.45) is 0. The van der Waals surface area contributed by atoms with Crippen molar-refractivity contribution in [2.24, 2.45) is 0 Å². The average Bonchev–Trinajstić information content (AvgIpc) is 2.97. The first-order valence-electron chi connectivity index (χ1n) is 8.12. The van der Waals surface area contributed by atoms with E-state index in [9.17, 15) is 14.0 Å².